The van der Waals surface area contributed by atoms with Gasteiger partial charge in [-0.05, 0) is 41.3 Å². The normalized spacial score (nSPS) is 17.6. The van der Waals surface area contributed by atoms with Crippen molar-refractivity contribution in [2.45, 2.75) is 24.8 Å². The van der Waals surface area contributed by atoms with Crippen molar-refractivity contribution in [3.05, 3.63) is 22.6 Å². The molecule has 0 aromatic carbocycles. The molecule has 0 unspecified atom stereocenters. The van der Waals surface area contributed by atoms with Crippen LogP contribution in [0.3, 0.4) is 0 Å². The minimum absolute atomic E-state index is 0.267. The third kappa shape index (κ3) is 1.77. The van der Waals surface area contributed by atoms with Gasteiger partial charge in [0.2, 0.25) is 0 Å². The van der Waals surface area contributed by atoms with Gasteiger partial charge in [0, 0.05) is 0 Å². The average molecular weight is 269 g/mol. The van der Waals surface area contributed by atoms with Crippen molar-refractivity contribution in [2.75, 3.05) is 0 Å². The topological polar surface area (TPSA) is 66.0 Å². The van der Waals surface area contributed by atoms with Gasteiger partial charge in [-0.2, -0.15) is 5.26 Å². The number of carbonyl (C=O) groups excluding carboxylic acids is 1. The molecule has 5 heteroatoms. The maximum Gasteiger partial charge on any atom is 0.257 e. The first-order valence-electron chi connectivity index (χ1n) is 4.64. The summed E-state index contributed by atoms with van der Waals surface area (Å²) in [6, 6.07) is 3.72. The predicted octanol–water partition coefficient (Wildman–Crippen LogP) is 2.22. The summed E-state index contributed by atoms with van der Waals surface area (Å²) in [6.45, 7) is 0. The highest BCUT2D eigenvalue weighted by Gasteiger charge is 2.39. The van der Waals surface area contributed by atoms with E-state index in [1.54, 1.807) is 6.07 Å². The Balaban J connectivity index is 2.11. The number of nitrogens with one attached hydrogen (secondary N) is 1. The molecule has 0 radical (unpaired) electrons. The van der Waals surface area contributed by atoms with Crippen molar-refractivity contribution in [3.8, 4) is 6.07 Å². The summed E-state index contributed by atoms with van der Waals surface area (Å²) in [5.74, 6) is -0.267. The van der Waals surface area contributed by atoms with Crippen LogP contribution in [0.5, 0.6) is 0 Å². The van der Waals surface area contributed by atoms with E-state index < -0.39 is 5.54 Å². The predicted molar refractivity (Wildman–Crippen MR) is 56.1 cm³/mol. The Kier molecular flexibility index (Phi) is 2.53. The molecule has 1 heterocycles. The molecule has 4 nitrogen and oxygen atoms in total. The van der Waals surface area contributed by atoms with Gasteiger partial charge in [0.1, 0.15) is 5.54 Å². The second-order valence-corrected chi connectivity index (χ2v) is 4.33. The summed E-state index contributed by atoms with van der Waals surface area (Å²) in [5.41, 5.74) is -0.232. The van der Waals surface area contributed by atoms with Gasteiger partial charge in [-0.1, -0.05) is 0 Å². The van der Waals surface area contributed by atoms with Gasteiger partial charge in [0.15, 0.2) is 4.67 Å². The number of furan rings is 1. The van der Waals surface area contributed by atoms with Crippen molar-refractivity contribution in [2.24, 2.45) is 0 Å². The lowest BCUT2D eigenvalue weighted by molar-refractivity contribution is 0.0880. The lowest BCUT2D eigenvalue weighted by Gasteiger charge is -2.35. The molecule has 1 aromatic rings. The third-order valence-electron chi connectivity index (χ3n) is 2.64. The Hall–Kier alpha value is -1.28. The van der Waals surface area contributed by atoms with E-state index in [1.165, 1.54) is 6.26 Å². The molecule has 78 valence electrons. The molecule has 1 N–H and O–H groups in total. The first-order chi connectivity index (χ1) is 7.17. The second kappa shape index (κ2) is 3.70. The summed E-state index contributed by atoms with van der Waals surface area (Å²) in [5, 5.41) is 11.7. The molecule has 2 rings (SSSR count). The molecule has 15 heavy (non-hydrogen) atoms. The molecule has 0 bridgehead atoms. The minimum atomic E-state index is -0.659. The van der Waals surface area contributed by atoms with E-state index in [2.05, 4.69) is 27.3 Å². The number of nitrogens with zero attached hydrogens (tertiary/aromatic N) is 1. The molecule has 1 aliphatic carbocycles. The van der Waals surface area contributed by atoms with Crippen LogP contribution in [0.4, 0.5) is 0 Å². The summed E-state index contributed by atoms with van der Waals surface area (Å²) < 4.78 is 5.35. The standard InChI is InChI=1S/C10H9BrN2O2/c11-8-7(2-5-15-8)9(14)13-10(6-12)3-1-4-10/h2,5H,1,3-4H2,(H,13,14). The van der Waals surface area contributed by atoms with Crippen molar-refractivity contribution >= 4 is 21.8 Å². The largest absolute Gasteiger partial charge is 0.457 e. The van der Waals surface area contributed by atoms with Crippen LogP contribution in [0, 0.1) is 11.3 Å². The molecule has 1 aromatic heterocycles. The highest BCUT2D eigenvalue weighted by Crippen LogP contribution is 2.31. The fraction of sp³-hybridized carbons (Fsp3) is 0.400. The first-order valence-corrected chi connectivity index (χ1v) is 5.43. The molecule has 0 aliphatic heterocycles. The molecule has 0 atom stereocenters. The summed E-state index contributed by atoms with van der Waals surface area (Å²) in [4.78, 5) is 11.7. The summed E-state index contributed by atoms with van der Waals surface area (Å²) in [7, 11) is 0. The van der Waals surface area contributed by atoms with Crippen LogP contribution >= 0.6 is 15.9 Å². The molecule has 0 spiro atoms. The first kappa shape index (κ1) is 10.2. The van der Waals surface area contributed by atoms with Crippen molar-refractivity contribution in [1.29, 1.82) is 5.26 Å². The van der Waals surface area contributed by atoms with Crippen LogP contribution in [-0.2, 0) is 0 Å². The fourth-order valence-electron chi connectivity index (χ4n) is 1.54. The molecule has 1 amide bonds. The zero-order valence-electron chi connectivity index (χ0n) is 7.92. The maximum absolute atomic E-state index is 11.7. The summed E-state index contributed by atoms with van der Waals surface area (Å²) in [6.07, 6.45) is 3.87. The van der Waals surface area contributed by atoms with Crippen molar-refractivity contribution in [3.63, 3.8) is 0 Å². The van der Waals surface area contributed by atoms with E-state index >= 15 is 0 Å². The number of hydrogen-bond donors (Lipinski definition) is 1. The van der Waals surface area contributed by atoms with E-state index in [-0.39, 0.29) is 5.91 Å². The van der Waals surface area contributed by atoms with Crippen LogP contribution in [0.1, 0.15) is 29.6 Å². The number of nitriles is 1. The highest BCUT2D eigenvalue weighted by atomic mass is 79.9. The smallest absolute Gasteiger partial charge is 0.257 e. The monoisotopic (exact) mass is 268 g/mol. The Morgan fingerprint density at radius 2 is 2.40 bits per heavy atom. The number of rotatable bonds is 2. The van der Waals surface area contributed by atoms with E-state index in [1.807, 2.05) is 0 Å². The van der Waals surface area contributed by atoms with Gasteiger partial charge >= 0.3 is 0 Å². The maximum atomic E-state index is 11.7. The number of carbonyl (C=O) groups is 1. The van der Waals surface area contributed by atoms with Crippen LogP contribution in [-0.4, -0.2) is 11.4 Å². The average Bonchev–Trinajstić information content (AvgIpc) is 2.58. The van der Waals surface area contributed by atoms with E-state index in [0.717, 1.165) is 19.3 Å². The fourth-order valence-corrected chi connectivity index (χ4v) is 1.96. The summed E-state index contributed by atoms with van der Waals surface area (Å²) >= 11 is 3.13. The molecular formula is C10H9BrN2O2. The van der Waals surface area contributed by atoms with Crippen LogP contribution < -0.4 is 5.32 Å². The highest BCUT2D eigenvalue weighted by molar-refractivity contribution is 9.10. The van der Waals surface area contributed by atoms with Crippen LogP contribution in [0.15, 0.2) is 21.4 Å². The zero-order chi connectivity index (χ0) is 10.9. The molecule has 1 aliphatic rings. The molecule has 1 saturated carbocycles. The molecule has 0 saturated heterocycles. The van der Waals surface area contributed by atoms with Gasteiger partial charge in [-0.3, -0.25) is 4.79 Å². The van der Waals surface area contributed by atoms with E-state index in [9.17, 15) is 4.79 Å². The Labute approximate surface area is 95.4 Å². The number of hydrogen-bond acceptors (Lipinski definition) is 3. The van der Waals surface area contributed by atoms with Crippen molar-refractivity contribution in [1.82, 2.24) is 5.32 Å². The SMILES string of the molecule is N#CC1(NC(=O)c2ccoc2Br)CCC1. The lowest BCUT2D eigenvalue weighted by Crippen LogP contribution is -2.52. The van der Waals surface area contributed by atoms with Gasteiger partial charge < -0.3 is 9.73 Å². The molecular weight excluding hydrogens is 260 g/mol. The quantitative estimate of drug-likeness (QED) is 0.895. The zero-order valence-corrected chi connectivity index (χ0v) is 9.50. The van der Waals surface area contributed by atoms with Crippen molar-refractivity contribution < 1.29 is 9.21 Å². The van der Waals surface area contributed by atoms with E-state index in [4.69, 9.17) is 9.68 Å². The van der Waals surface area contributed by atoms with E-state index in [0.29, 0.717) is 10.2 Å². The van der Waals surface area contributed by atoms with Gasteiger partial charge in [-0.15, -0.1) is 0 Å². The Morgan fingerprint density at radius 3 is 2.80 bits per heavy atom. The number of halogens is 1. The van der Waals surface area contributed by atoms with Gasteiger partial charge in [0.25, 0.3) is 5.91 Å². The lowest BCUT2D eigenvalue weighted by atomic mass is 9.78. The van der Waals surface area contributed by atoms with Crippen LogP contribution in [0.2, 0.25) is 0 Å². The Morgan fingerprint density at radius 1 is 1.67 bits per heavy atom. The Bertz CT molecular complexity index is 429. The van der Waals surface area contributed by atoms with Gasteiger partial charge in [-0.25, -0.2) is 0 Å². The number of amides is 1. The third-order valence-corrected chi connectivity index (χ3v) is 3.25. The van der Waals surface area contributed by atoms with Crippen LogP contribution in [0.25, 0.3) is 0 Å². The van der Waals surface area contributed by atoms with Gasteiger partial charge in [0.05, 0.1) is 17.9 Å². The molecule has 1 fully saturated rings. The second-order valence-electron chi connectivity index (χ2n) is 3.61. The minimum Gasteiger partial charge on any atom is -0.457 e.